The van der Waals surface area contributed by atoms with Crippen LogP contribution in [0, 0.1) is 0 Å². The average Bonchev–Trinajstić information content (AvgIpc) is 2.88. The van der Waals surface area contributed by atoms with Gasteiger partial charge in [0.05, 0.1) is 6.61 Å². The highest BCUT2D eigenvalue weighted by molar-refractivity contribution is 6.63. The molecule has 1 amide bonds. The summed E-state index contributed by atoms with van der Waals surface area (Å²) in [7, 11) is 0. The van der Waals surface area contributed by atoms with E-state index in [1.165, 1.54) is 0 Å². The fraction of sp³-hybridized carbons (Fsp3) is 0.625. The Kier molecular flexibility index (Phi) is 3.44. The van der Waals surface area contributed by atoms with Crippen molar-refractivity contribution in [1.29, 1.82) is 0 Å². The second-order valence-corrected chi connectivity index (χ2v) is 2.83. The van der Waals surface area contributed by atoms with Crippen LogP contribution in [0.3, 0.4) is 0 Å². The zero-order valence-electron chi connectivity index (χ0n) is 7.86. The molecule has 0 aliphatic heterocycles. The third-order valence-corrected chi connectivity index (χ3v) is 1.52. The minimum Gasteiger partial charge on any atom is -0.461 e. The monoisotopic (exact) mass is 200 g/mol. The summed E-state index contributed by atoms with van der Waals surface area (Å²) >= 11 is 0. The molecule has 6 nitrogen and oxygen atoms in total. The Morgan fingerprint density at radius 2 is 2.14 bits per heavy atom. The van der Waals surface area contributed by atoms with Crippen LogP contribution in [0.25, 0.3) is 0 Å². The summed E-state index contributed by atoms with van der Waals surface area (Å²) < 4.78 is 4.57. The Morgan fingerprint density at radius 1 is 1.50 bits per heavy atom. The van der Waals surface area contributed by atoms with Gasteiger partial charge in [-0.25, -0.2) is 4.79 Å². The van der Waals surface area contributed by atoms with Crippen LogP contribution in [0.2, 0.25) is 0 Å². The maximum Gasteiger partial charge on any atom is 0.366 e. The maximum absolute atomic E-state index is 11.1. The topological polar surface area (TPSA) is 91.0 Å². The van der Waals surface area contributed by atoms with E-state index in [0.29, 0.717) is 0 Å². The van der Waals surface area contributed by atoms with Gasteiger partial charge in [-0.15, -0.1) is 0 Å². The molecule has 6 heteroatoms. The highest BCUT2D eigenvalue weighted by Crippen LogP contribution is 2.23. The summed E-state index contributed by atoms with van der Waals surface area (Å²) in [6.45, 7) is 1.78. The van der Waals surface area contributed by atoms with E-state index in [1.54, 1.807) is 6.92 Å². The van der Waals surface area contributed by atoms with Gasteiger partial charge in [-0.1, -0.05) is 5.16 Å². The van der Waals surface area contributed by atoms with Crippen LogP contribution in [0.1, 0.15) is 19.8 Å². The smallest absolute Gasteiger partial charge is 0.366 e. The number of oxime groups is 1. The Balaban J connectivity index is 2.56. The largest absolute Gasteiger partial charge is 0.461 e. The molecule has 1 aliphatic rings. The molecule has 1 rings (SSSR count). The number of carbonyl (C=O) groups is 2. The van der Waals surface area contributed by atoms with Crippen LogP contribution in [0.5, 0.6) is 0 Å². The molecule has 0 atom stereocenters. The highest BCUT2D eigenvalue weighted by atomic mass is 16.6. The van der Waals surface area contributed by atoms with E-state index in [4.69, 9.17) is 10.6 Å². The Morgan fingerprint density at radius 3 is 2.57 bits per heavy atom. The fourth-order valence-electron chi connectivity index (χ4n) is 0.683. The standard InChI is InChI=1S/C8H12N2O4/c1-2-13-8(12)6(7(9)11)10-14-5-3-4-5/h5H,2-4H2,1H3,(H2,9,11)/b10-6+. The van der Waals surface area contributed by atoms with Gasteiger partial charge in [-0.2, -0.15) is 0 Å². The van der Waals surface area contributed by atoms with Gasteiger partial charge in [-0.05, 0) is 19.8 Å². The number of nitrogens with two attached hydrogens (primary N) is 1. The summed E-state index contributed by atoms with van der Waals surface area (Å²) in [6.07, 6.45) is 1.79. The zero-order valence-corrected chi connectivity index (χ0v) is 7.86. The number of ether oxygens (including phenoxy) is 1. The van der Waals surface area contributed by atoms with E-state index in [1.807, 2.05) is 0 Å². The van der Waals surface area contributed by atoms with Crippen molar-refractivity contribution < 1.29 is 19.2 Å². The van der Waals surface area contributed by atoms with Crippen LogP contribution >= 0.6 is 0 Å². The third-order valence-electron chi connectivity index (χ3n) is 1.52. The van der Waals surface area contributed by atoms with Gasteiger partial charge in [0.2, 0.25) is 0 Å². The quantitative estimate of drug-likeness (QED) is 0.282. The zero-order chi connectivity index (χ0) is 10.6. The van der Waals surface area contributed by atoms with E-state index in [2.05, 4.69) is 9.89 Å². The first-order valence-electron chi connectivity index (χ1n) is 4.36. The van der Waals surface area contributed by atoms with Gasteiger partial charge in [-0.3, -0.25) is 4.79 Å². The molecule has 0 bridgehead atoms. The van der Waals surface area contributed by atoms with Crippen LogP contribution in [0.4, 0.5) is 0 Å². The second-order valence-electron chi connectivity index (χ2n) is 2.83. The summed E-state index contributed by atoms with van der Waals surface area (Å²) in [4.78, 5) is 26.7. The molecule has 1 aliphatic carbocycles. The van der Waals surface area contributed by atoms with Gasteiger partial charge >= 0.3 is 5.97 Å². The fourth-order valence-corrected chi connectivity index (χ4v) is 0.683. The van der Waals surface area contributed by atoms with E-state index in [9.17, 15) is 9.59 Å². The molecule has 1 fully saturated rings. The van der Waals surface area contributed by atoms with Crippen molar-refractivity contribution >= 4 is 17.6 Å². The number of primary amides is 1. The van der Waals surface area contributed by atoms with E-state index in [-0.39, 0.29) is 12.7 Å². The Hall–Kier alpha value is -1.59. The van der Waals surface area contributed by atoms with Crippen molar-refractivity contribution in [2.24, 2.45) is 10.9 Å². The maximum atomic E-state index is 11.1. The lowest BCUT2D eigenvalue weighted by molar-refractivity contribution is -0.136. The van der Waals surface area contributed by atoms with Gasteiger partial charge in [0.25, 0.3) is 11.6 Å². The van der Waals surface area contributed by atoms with Gasteiger partial charge in [0.1, 0.15) is 6.10 Å². The number of hydrogen-bond acceptors (Lipinski definition) is 5. The molecule has 0 saturated heterocycles. The minimum absolute atomic E-state index is 0.0128. The number of carbonyl (C=O) groups excluding carboxylic acids is 2. The molecular formula is C8H12N2O4. The number of amides is 1. The number of rotatable bonds is 5. The van der Waals surface area contributed by atoms with Crippen molar-refractivity contribution in [3.05, 3.63) is 0 Å². The lowest BCUT2D eigenvalue weighted by Gasteiger charge is -2.01. The van der Waals surface area contributed by atoms with E-state index < -0.39 is 17.6 Å². The Labute approximate surface area is 81.0 Å². The SMILES string of the molecule is CCOC(=O)/C(=N/OC1CC1)C(N)=O. The van der Waals surface area contributed by atoms with Gasteiger partial charge in [0.15, 0.2) is 0 Å². The molecule has 1 saturated carbocycles. The summed E-state index contributed by atoms with van der Waals surface area (Å²) in [5.74, 6) is -1.79. The molecule has 78 valence electrons. The first kappa shape index (κ1) is 10.5. The summed E-state index contributed by atoms with van der Waals surface area (Å²) in [6, 6.07) is 0. The molecular weight excluding hydrogens is 188 g/mol. The van der Waals surface area contributed by atoms with E-state index in [0.717, 1.165) is 12.8 Å². The molecule has 0 aromatic heterocycles. The third kappa shape index (κ3) is 3.04. The normalized spacial score (nSPS) is 16.2. The Bertz CT molecular complexity index is 271. The molecule has 0 unspecified atom stereocenters. The minimum atomic E-state index is -0.941. The van der Waals surface area contributed by atoms with Crippen LogP contribution in [0.15, 0.2) is 5.16 Å². The summed E-state index contributed by atoms with van der Waals surface area (Å²) in [5, 5.41) is 3.37. The number of nitrogens with zero attached hydrogens (tertiary/aromatic N) is 1. The van der Waals surface area contributed by atoms with E-state index >= 15 is 0 Å². The molecule has 0 aromatic carbocycles. The molecule has 0 radical (unpaired) electrons. The lowest BCUT2D eigenvalue weighted by atomic mass is 10.4. The van der Waals surface area contributed by atoms with Crippen molar-refractivity contribution in [2.45, 2.75) is 25.9 Å². The van der Waals surface area contributed by atoms with Crippen LogP contribution in [-0.4, -0.2) is 30.3 Å². The molecule has 0 heterocycles. The molecule has 2 N–H and O–H groups in total. The molecule has 0 spiro atoms. The second kappa shape index (κ2) is 4.59. The van der Waals surface area contributed by atoms with Crippen molar-refractivity contribution in [3.8, 4) is 0 Å². The van der Waals surface area contributed by atoms with Crippen LogP contribution in [-0.2, 0) is 19.2 Å². The first-order valence-corrected chi connectivity index (χ1v) is 4.36. The number of hydrogen-bond donors (Lipinski definition) is 1. The summed E-state index contributed by atoms with van der Waals surface area (Å²) in [5.41, 5.74) is 4.44. The highest BCUT2D eigenvalue weighted by Gasteiger charge is 2.26. The average molecular weight is 200 g/mol. The first-order chi connectivity index (χ1) is 6.65. The van der Waals surface area contributed by atoms with Crippen molar-refractivity contribution in [3.63, 3.8) is 0 Å². The molecule has 0 aromatic rings. The predicted octanol–water partition coefficient (Wildman–Crippen LogP) is -0.430. The lowest BCUT2D eigenvalue weighted by Crippen LogP contribution is -2.32. The molecule has 14 heavy (non-hydrogen) atoms. The predicted molar refractivity (Wildman–Crippen MR) is 47.4 cm³/mol. The number of esters is 1. The van der Waals surface area contributed by atoms with Crippen molar-refractivity contribution in [1.82, 2.24) is 0 Å². The van der Waals surface area contributed by atoms with Gasteiger partial charge in [0, 0.05) is 0 Å². The van der Waals surface area contributed by atoms with Crippen molar-refractivity contribution in [2.75, 3.05) is 6.61 Å². The van der Waals surface area contributed by atoms with Gasteiger partial charge < -0.3 is 15.3 Å². The van der Waals surface area contributed by atoms with Crippen LogP contribution < -0.4 is 5.73 Å².